The molecule has 4 atom stereocenters. The predicted octanol–water partition coefficient (Wildman–Crippen LogP) is 6.40. The Bertz CT molecular complexity index is 2300. The molecule has 9 N–H and O–H groups in total. The van der Waals surface area contributed by atoms with Crippen molar-refractivity contribution in [1.82, 2.24) is 31.5 Å². The molecule has 0 fully saturated rings. The summed E-state index contributed by atoms with van der Waals surface area (Å²) >= 11 is 6.32. The number of benzene rings is 3. The lowest BCUT2D eigenvalue weighted by Crippen LogP contribution is -2.57. The number of nitrogens with two attached hydrogens (primary N) is 1. The van der Waals surface area contributed by atoms with E-state index in [-0.39, 0.29) is 57.3 Å². The molecule has 0 aliphatic heterocycles. The number of carbonyl (C=O) groups excluding carboxylic acids is 6. The van der Waals surface area contributed by atoms with Gasteiger partial charge in [-0.25, -0.2) is 19.2 Å². The van der Waals surface area contributed by atoms with Crippen LogP contribution in [0, 0.1) is 23.7 Å². The maximum Gasteiger partial charge on any atom is 0.409 e. The number of ether oxygens (including phenoxy) is 2. The molecule has 1 unspecified atom stereocenters. The molecule has 3 aromatic rings. The number of urea groups is 1. The third kappa shape index (κ3) is 16.3. The predicted molar refractivity (Wildman–Crippen MR) is 262 cm³/mol. The van der Waals surface area contributed by atoms with Crippen LogP contribution in [0.25, 0.3) is 11.1 Å². The Balaban J connectivity index is 1.40. The van der Waals surface area contributed by atoms with Crippen molar-refractivity contribution in [3.8, 4) is 23.5 Å². The van der Waals surface area contributed by atoms with Gasteiger partial charge in [-0.2, -0.15) is 0 Å². The van der Waals surface area contributed by atoms with Crippen molar-refractivity contribution in [3.05, 3.63) is 89.0 Å². The Kier molecular flexibility index (Phi) is 20.5. The summed E-state index contributed by atoms with van der Waals surface area (Å²) < 4.78 is 11.2. The molecule has 372 valence electrons. The lowest BCUT2D eigenvalue weighted by Gasteiger charge is -2.27. The molecule has 18 nitrogen and oxygen atoms in total. The van der Waals surface area contributed by atoms with E-state index in [0.717, 1.165) is 22.3 Å². The molecule has 0 radical (unpaired) electrons. The van der Waals surface area contributed by atoms with Crippen molar-refractivity contribution in [2.45, 2.75) is 109 Å². The number of alkyl halides is 1. The second kappa shape index (κ2) is 25.9. The number of rotatable bonds is 23. The minimum absolute atomic E-state index is 0.0279. The highest BCUT2D eigenvalue weighted by Gasteiger charge is 2.33. The summed E-state index contributed by atoms with van der Waals surface area (Å²) in [6.45, 7) is 9.32. The highest BCUT2D eigenvalue weighted by atomic mass is 35.5. The fourth-order valence-electron chi connectivity index (χ4n) is 7.76. The van der Waals surface area contributed by atoms with Gasteiger partial charge >= 0.3 is 24.3 Å². The number of terminal acetylenes is 1. The van der Waals surface area contributed by atoms with Crippen LogP contribution in [0.1, 0.15) is 94.9 Å². The number of amides is 8. The zero-order valence-electron chi connectivity index (χ0n) is 40.0. The van der Waals surface area contributed by atoms with Gasteiger partial charge < -0.3 is 57.1 Å². The minimum Gasteiger partial charge on any atom is -0.465 e. The molecule has 0 heterocycles. The highest BCUT2D eigenvalue weighted by Crippen LogP contribution is 2.44. The number of halogens is 1. The topological polar surface area (TPSA) is 260 Å². The van der Waals surface area contributed by atoms with Crippen LogP contribution < -0.4 is 37.6 Å². The van der Waals surface area contributed by atoms with Gasteiger partial charge in [0.25, 0.3) is 0 Å². The third-order valence-electron chi connectivity index (χ3n) is 11.5. The van der Waals surface area contributed by atoms with Crippen molar-refractivity contribution in [1.29, 1.82) is 0 Å². The quantitative estimate of drug-likeness (QED) is 0.0295. The smallest absolute Gasteiger partial charge is 0.409 e. The second-order valence-corrected chi connectivity index (χ2v) is 18.5. The van der Waals surface area contributed by atoms with Gasteiger partial charge in [0.2, 0.25) is 17.7 Å². The van der Waals surface area contributed by atoms with Crippen LogP contribution in [-0.2, 0) is 36.3 Å². The van der Waals surface area contributed by atoms with E-state index in [1.54, 1.807) is 39.1 Å². The molecule has 19 heteroatoms. The molecule has 1 aliphatic rings. The van der Waals surface area contributed by atoms with Crippen LogP contribution in [0.5, 0.6) is 0 Å². The largest absolute Gasteiger partial charge is 0.465 e. The van der Waals surface area contributed by atoms with Crippen molar-refractivity contribution in [2.24, 2.45) is 17.1 Å². The van der Waals surface area contributed by atoms with Crippen molar-refractivity contribution < 1.29 is 48.1 Å². The SMILES string of the molecule is C#CC(OC(=O)NCCCC[C@H](NC(=O)O)C(=O)N[C@H](C(=O)N[C@@H](CCCNC(N)=O)C(=O)Nc1ccc(CCl)c(CN(C)C(=O)OCC2c3ccccc3-c3ccccc32)c1)C(C)C)C(C)(C)C. The summed E-state index contributed by atoms with van der Waals surface area (Å²) in [5.74, 6) is -0.215. The molecule has 69 heavy (non-hydrogen) atoms. The molecule has 0 saturated heterocycles. The first kappa shape index (κ1) is 54.6. The zero-order chi connectivity index (χ0) is 50.8. The van der Waals surface area contributed by atoms with Crippen LogP contribution in [0.2, 0.25) is 0 Å². The summed E-state index contributed by atoms with van der Waals surface area (Å²) in [6, 6.07) is 16.7. The van der Waals surface area contributed by atoms with E-state index in [1.807, 2.05) is 57.2 Å². The Labute approximate surface area is 408 Å². The van der Waals surface area contributed by atoms with E-state index in [2.05, 4.69) is 50.0 Å². The standard InChI is InChI=1S/C50H65ClN8O10/c1-8-41(50(4,5)6)69-48(66)54-24-14-13-20-40(57-47(64)65)44(61)58-42(30(2)3)45(62)56-39(21-15-25-53-46(52)63)43(60)55-33-23-22-31(27-51)32(26-33)28-59(7)49(67)68-29-38-36-18-11-9-16-34(36)35-17-10-12-19-37(35)38/h1,9-12,16-19,22-23,26,30,38-42,57H,13-15,20-21,24-25,27-29H2,2-7H3,(H,54,66)(H,55,60)(H,56,62)(H,58,61)(H,64,65)(H3,52,53,63)/t39-,40-,41?,42-/m0/s1. The van der Waals surface area contributed by atoms with Crippen molar-refractivity contribution >= 4 is 59.3 Å². The van der Waals surface area contributed by atoms with Gasteiger partial charge in [-0.15, -0.1) is 18.0 Å². The minimum atomic E-state index is -1.46. The average molecular weight is 974 g/mol. The van der Waals surface area contributed by atoms with Crippen LogP contribution in [-0.4, -0.2) is 103 Å². The number of alkyl carbamates (subject to hydrolysis) is 1. The first-order chi connectivity index (χ1) is 32.7. The molecular weight excluding hydrogens is 908 g/mol. The number of nitrogens with zero attached hydrogens (tertiary/aromatic N) is 1. The summed E-state index contributed by atoms with van der Waals surface area (Å²) in [5, 5.41) is 25.0. The Hall–Kier alpha value is -7.00. The molecule has 8 amide bonds. The molecule has 0 aromatic heterocycles. The fraction of sp³-hybridized carbons (Fsp3) is 0.460. The number of primary amides is 1. The number of carbonyl (C=O) groups is 7. The summed E-state index contributed by atoms with van der Waals surface area (Å²) in [7, 11) is 1.60. The normalized spacial score (nSPS) is 13.5. The third-order valence-corrected chi connectivity index (χ3v) is 11.8. The van der Waals surface area contributed by atoms with Gasteiger partial charge in [0.1, 0.15) is 24.7 Å². The molecule has 1 aliphatic carbocycles. The van der Waals surface area contributed by atoms with Crippen molar-refractivity contribution in [2.75, 3.05) is 32.1 Å². The van der Waals surface area contributed by atoms with Crippen molar-refractivity contribution in [3.63, 3.8) is 0 Å². The second-order valence-electron chi connectivity index (χ2n) is 18.2. The fourth-order valence-corrected chi connectivity index (χ4v) is 8.02. The van der Waals surface area contributed by atoms with E-state index in [1.165, 1.54) is 4.90 Å². The van der Waals surface area contributed by atoms with E-state index >= 15 is 0 Å². The number of hydrogen-bond donors (Lipinski definition) is 8. The Morgan fingerprint density at radius 3 is 2.00 bits per heavy atom. The summed E-state index contributed by atoms with van der Waals surface area (Å²) in [4.78, 5) is 91.6. The van der Waals surface area contributed by atoms with E-state index in [9.17, 15) is 38.7 Å². The molecule has 0 saturated carbocycles. The lowest BCUT2D eigenvalue weighted by molar-refractivity contribution is -0.132. The molecule has 0 bridgehead atoms. The van der Waals surface area contributed by atoms with Crippen LogP contribution >= 0.6 is 11.6 Å². The average Bonchev–Trinajstić information content (AvgIpc) is 3.61. The number of carboxylic acid groups (broad SMARTS) is 1. The first-order valence-electron chi connectivity index (χ1n) is 22.8. The molecule has 0 spiro atoms. The van der Waals surface area contributed by atoms with E-state index < -0.39 is 77.6 Å². The van der Waals surface area contributed by atoms with Crippen LogP contribution in [0.4, 0.5) is 24.9 Å². The lowest BCUT2D eigenvalue weighted by atomic mass is 9.89. The van der Waals surface area contributed by atoms with Gasteiger partial charge in [0.05, 0.1) is 0 Å². The number of fused-ring (bicyclic) bond motifs is 3. The van der Waals surface area contributed by atoms with Crippen LogP contribution in [0.3, 0.4) is 0 Å². The number of hydrogen-bond acceptors (Lipinski definition) is 9. The van der Waals surface area contributed by atoms with Gasteiger partial charge in [-0.1, -0.05) is 95.1 Å². The van der Waals surface area contributed by atoms with E-state index in [4.69, 9.17) is 33.2 Å². The molecule has 3 aromatic carbocycles. The van der Waals surface area contributed by atoms with E-state index in [0.29, 0.717) is 29.7 Å². The molecule has 4 rings (SSSR count). The summed E-state index contributed by atoms with van der Waals surface area (Å²) in [5.41, 5.74) is 10.8. The maximum atomic E-state index is 14.0. The maximum absolute atomic E-state index is 14.0. The zero-order valence-corrected chi connectivity index (χ0v) is 40.7. The highest BCUT2D eigenvalue weighted by molar-refractivity contribution is 6.17. The number of unbranched alkanes of at least 4 members (excludes halogenated alkanes) is 1. The van der Waals surface area contributed by atoms with Gasteiger partial charge in [0.15, 0.2) is 6.10 Å². The molecular formula is C50H65ClN8O10. The van der Waals surface area contributed by atoms with Gasteiger partial charge in [0, 0.05) is 49.6 Å². The number of nitrogens with one attached hydrogen (secondary N) is 6. The van der Waals surface area contributed by atoms with Crippen LogP contribution in [0.15, 0.2) is 66.7 Å². The monoisotopic (exact) mass is 972 g/mol. The Morgan fingerprint density at radius 2 is 1.42 bits per heavy atom. The first-order valence-corrected chi connectivity index (χ1v) is 23.4. The number of anilines is 1. The Morgan fingerprint density at radius 1 is 0.812 bits per heavy atom. The summed E-state index contributed by atoms with van der Waals surface area (Å²) in [6.07, 6.45) is 2.96. The van der Waals surface area contributed by atoms with Gasteiger partial charge in [-0.3, -0.25) is 14.4 Å². The van der Waals surface area contributed by atoms with Gasteiger partial charge in [-0.05, 0) is 83.5 Å².